The van der Waals surface area contributed by atoms with Crippen molar-refractivity contribution < 1.29 is 9.90 Å². The van der Waals surface area contributed by atoms with E-state index in [0.717, 1.165) is 13.4 Å². The molecule has 0 fully saturated rings. The third-order valence-corrected chi connectivity index (χ3v) is 0.682. The first-order valence-electron chi connectivity index (χ1n) is 3.70. The molecule has 0 aliphatic carbocycles. The van der Waals surface area contributed by atoms with Crippen molar-refractivity contribution in [3.63, 3.8) is 0 Å². The molecule has 0 spiro atoms. The van der Waals surface area contributed by atoms with Crippen LogP contribution in [0.3, 0.4) is 0 Å². The van der Waals surface area contributed by atoms with Crippen molar-refractivity contribution in [3.05, 3.63) is 37.0 Å². The first kappa shape index (κ1) is 17.1. The molecular weight excluding hydrogens is 152 g/mol. The van der Waals surface area contributed by atoms with Gasteiger partial charge in [0.05, 0.1) is 0 Å². The predicted molar refractivity (Wildman–Crippen MR) is 54.0 cm³/mol. The van der Waals surface area contributed by atoms with Gasteiger partial charge in [0, 0.05) is 12.7 Å². The number of rotatable bonds is 3. The Morgan fingerprint density at radius 1 is 1.25 bits per heavy atom. The zero-order valence-electron chi connectivity index (χ0n) is 8.08. The number of carbonyl (C=O) groups is 1. The Morgan fingerprint density at radius 2 is 1.67 bits per heavy atom. The molecule has 0 aromatic heterocycles. The van der Waals surface area contributed by atoms with Crippen LogP contribution in [0.25, 0.3) is 0 Å². The minimum atomic E-state index is 0.556. The van der Waals surface area contributed by atoms with Crippen LogP contribution in [0.1, 0.15) is 13.8 Å². The predicted octanol–water partition coefficient (Wildman–Crippen LogP) is 2.12. The van der Waals surface area contributed by atoms with E-state index in [1.165, 1.54) is 6.08 Å². The lowest BCUT2D eigenvalue weighted by atomic mass is 10.3. The van der Waals surface area contributed by atoms with Crippen molar-refractivity contribution in [3.8, 4) is 0 Å². The monoisotopic (exact) mass is 170 g/mol. The zero-order chi connectivity index (χ0) is 10.4. The van der Waals surface area contributed by atoms with E-state index in [1.54, 1.807) is 12.2 Å². The maximum absolute atomic E-state index is 9.94. The van der Waals surface area contributed by atoms with E-state index < -0.39 is 0 Å². The summed E-state index contributed by atoms with van der Waals surface area (Å²) in [5.41, 5.74) is 0.556. The summed E-state index contributed by atoms with van der Waals surface area (Å²) in [5, 5.41) is 7.00. The first-order valence-corrected chi connectivity index (χ1v) is 3.70. The number of carbonyl (C=O) groups excluding carboxylic acids is 1. The molecule has 2 nitrogen and oxygen atoms in total. The van der Waals surface area contributed by atoms with Gasteiger partial charge in [-0.2, -0.15) is 0 Å². The molecule has 12 heavy (non-hydrogen) atoms. The molecule has 0 heterocycles. The summed E-state index contributed by atoms with van der Waals surface area (Å²) in [7, 11) is 1.00. The topological polar surface area (TPSA) is 37.3 Å². The Morgan fingerprint density at radius 3 is 1.75 bits per heavy atom. The van der Waals surface area contributed by atoms with Crippen molar-refractivity contribution in [2.75, 3.05) is 7.11 Å². The highest BCUT2D eigenvalue weighted by molar-refractivity contribution is 5.77. The second kappa shape index (κ2) is 22.5. The van der Waals surface area contributed by atoms with Gasteiger partial charge in [-0.3, -0.25) is 4.79 Å². The summed E-state index contributed by atoms with van der Waals surface area (Å²) in [6.07, 6.45) is 5.36. The van der Waals surface area contributed by atoms with Crippen molar-refractivity contribution >= 4 is 6.29 Å². The molecule has 0 radical (unpaired) electrons. The van der Waals surface area contributed by atoms with E-state index >= 15 is 0 Å². The Bertz CT molecular complexity index is 125. The highest BCUT2D eigenvalue weighted by atomic mass is 16.2. The molecule has 1 N–H and O–H groups in total. The molecule has 0 aliphatic rings. The third-order valence-electron chi connectivity index (χ3n) is 0.682. The van der Waals surface area contributed by atoms with Gasteiger partial charge in [-0.1, -0.05) is 45.2 Å². The van der Waals surface area contributed by atoms with E-state index in [9.17, 15) is 4.79 Å². The van der Waals surface area contributed by atoms with Gasteiger partial charge in [-0.25, -0.2) is 0 Å². The molecule has 0 aromatic rings. The van der Waals surface area contributed by atoms with Crippen LogP contribution in [0.2, 0.25) is 0 Å². The van der Waals surface area contributed by atoms with Crippen LogP contribution in [-0.4, -0.2) is 18.5 Å². The second-order valence-corrected chi connectivity index (χ2v) is 1.22. The van der Waals surface area contributed by atoms with E-state index in [1.807, 2.05) is 13.8 Å². The zero-order valence-corrected chi connectivity index (χ0v) is 8.08. The minimum absolute atomic E-state index is 0.556. The maximum Gasteiger partial charge on any atom is 0.150 e. The van der Waals surface area contributed by atoms with E-state index in [4.69, 9.17) is 5.11 Å². The number of aldehydes is 1. The van der Waals surface area contributed by atoms with E-state index in [0.29, 0.717) is 5.57 Å². The fourth-order valence-corrected chi connectivity index (χ4v) is 0.292. The molecule has 0 saturated carbocycles. The van der Waals surface area contributed by atoms with Gasteiger partial charge in [-0.05, 0) is 0 Å². The number of hydrogen-bond acceptors (Lipinski definition) is 2. The fourth-order valence-electron chi connectivity index (χ4n) is 0.292. The van der Waals surface area contributed by atoms with Crippen molar-refractivity contribution in [2.24, 2.45) is 0 Å². The lowest BCUT2D eigenvalue weighted by molar-refractivity contribution is -0.104. The Balaban J connectivity index is -0.000000175. The Hall–Kier alpha value is -1.15. The van der Waals surface area contributed by atoms with E-state index in [-0.39, 0.29) is 0 Å². The summed E-state index contributed by atoms with van der Waals surface area (Å²) >= 11 is 0. The summed E-state index contributed by atoms with van der Waals surface area (Å²) in [6, 6.07) is 0. The van der Waals surface area contributed by atoms with E-state index in [2.05, 4.69) is 13.2 Å². The maximum atomic E-state index is 9.94. The van der Waals surface area contributed by atoms with Crippen molar-refractivity contribution in [1.29, 1.82) is 0 Å². The van der Waals surface area contributed by atoms with Crippen LogP contribution in [0, 0.1) is 0 Å². The van der Waals surface area contributed by atoms with Crippen molar-refractivity contribution in [2.45, 2.75) is 13.8 Å². The molecule has 0 bridgehead atoms. The second-order valence-electron chi connectivity index (χ2n) is 1.22. The minimum Gasteiger partial charge on any atom is -0.400 e. The molecular formula is C10H18O2. The summed E-state index contributed by atoms with van der Waals surface area (Å²) < 4.78 is 0. The normalized spacial score (nSPS) is 7.83. The lowest BCUT2D eigenvalue weighted by Gasteiger charge is -1.79. The average Bonchev–Trinajstić information content (AvgIpc) is 2.20. The van der Waals surface area contributed by atoms with Gasteiger partial charge in [0.25, 0.3) is 0 Å². The van der Waals surface area contributed by atoms with Gasteiger partial charge < -0.3 is 5.11 Å². The molecule has 70 valence electrons. The first-order chi connectivity index (χ1) is 5.85. The largest absolute Gasteiger partial charge is 0.400 e. The molecule has 0 amide bonds. The fraction of sp³-hybridized carbons (Fsp3) is 0.300. The number of hydrogen-bond donors (Lipinski definition) is 1. The number of aliphatic hydroxyl groups excluding tert-OH is 1. The van der Waals surface area contributed by atoms with Crippen LogP contribution in [0.15, 0.2) is 37.0 Å². The third kappa shape index (κ3) is 15.9. The highest BCUT2D eigenvalue weighted by Gasteiger charge is 1.79. The Kier molecular flexibility index (Phi) is 32.1. The van der Waals surface area contributed by atoms with Crippen LogP contribution < -0.4 is 0 Å². The number of allylic oxidation sites excluding steroid dienone is 4. The van der Waals surface area contributed by atoms with Gasteiger partial charge in [0.15, 0.2) is 0 Å². The molecule has 0 aromatic carbocycles. The van der Waals surface area contributed by atoms with Crippen LogP contribution in [0.4, 0.5) is 0 Å². The van der Waals surface area contributed by atoms with Gasteiger partial charge in [0.2, 0.25) is 0 Å². The standard InChI is InChI=1S/C7H8O.C2H6.CH4O/c1-3-5-7(4-2)6-8;2*1-2/h3-6H,1-2H2;1-2H3;2H,1H3/b7-5+;;. The van der Waals surface area contributed by atoms with Gasteiger partial charge in [-0.15, -0.1) is 0 Å². The smallest absolute Gasteiger partial charge is 0.150 e. The highest BCUT2D eigenvalue weighted by Crippen LogP contribution is 1.88. The molecule has 0 aliphatic heterocycles. The SMILES string of the molecule is C=C/C=C(\C=C)C=O.CC.CO. The quantitative estimate of drug-likeness (QED) is 0.400. The Labute approximate surface area is 74.9 Å². The van der Waals surface area contributed by atoms with Gasteiger partial charge in [0.1, 0.15) is 6.29 Å². The average molecular weight is 170 g/mol. The van der Waals surface area contributed by atoms with Crippen LogP contribution in [-0.2, 0) is 4.79 Å². The van der Waals surface area contributed by atoms with Crippen molar-refractivity contribution in [1.82, 2.24) is 0 Å². The molecule has 0 atom stereocenters. The van der Waals surface area contributed by atoms with Crippen LogP contribution >= 0.6 is 0 Å². The molecule has 2 heteroatoms. The summed E-state index contributed by atoms with van der Waals surface area (Å²) in [4.78, 5) is 9.94. The molecule has 0 saturated heterocycles. The van der Waals surface area contributed by atoms with Crippen LogP contribution in [0.5, 0.6) is 0 Å². The summed E-state index contributed by atoms with van der Waals surface area (Å²) in [6.45, 7) is 10.8. The van der Waals surface area contributed by atoms with Gasteiger partial charge >= 0.3 is 0 Å². The summed E-state index contributed by atoms with van der Waals surface area (Å²) in [5.74, 6) is 0. The molecule has 0 rings (SSSR count). The molecule has 0 unspecified atom stereocenters. The number of aliphatic hydroxyl groups is 1. The lowest BCUT2D eigenvalue weighted by Crippen LogP contribution is -1.73.